The molecule has 3 rings (SSSR count). The van der Waals surface area contributed by atoms with Gasteiger partial charge in [0.1, 0.15) is 10.6 Å². The molecule has 0 aliphatic heterocycles. The second kappa shape index (κ2) is 9.21. The van der Waals surface area contributed by atoms with Gasteiger partial charge in [0.25, 0.3) is 10.1 Å². The van der Waals surface area contributed by atoms with Crippen LogP contribution >= 0.6 is 23.2 Å². The topological polar surface area (TPSA) is 135 Å². The summed E-state index contributed by atoms with van der Waals surface area (Å²) in [7, 11) is -4.58. The number of para-hydroxylation sites is 1. The molecule has 30 heavy (non-hydrogen) atoms. The van der Waals surface area contributed by atoms with Crippen molar-refractivity contribution in [3.05, 3.63) is 69.3 Å². The number of carbonyl (C=O) groups excluding carboxylic acids is 1. The number of aromatic nitrogens is 2. The van der Waals surface area contributed by atoms with Gasteiger partial charge in [-0.2, -0.15) is 13.5 Å². The Morgan fingerprint density at radius 2 is 1.73 bits per heavy atom. The summed E-state index contributed by atoms with van der Waals surface area (Å²) in [6.45, 7) is 0. The van der Waals surface area contributed by atoms with E-state index < -0.39 is 32.6 Å². The molecular weight excluding hydrogens is 498 g/mol. The molecule has 0 spiro atoms. The molecule has 1 aromatic heterocycles. The van der Waals surface area contributed by atoms with Gasteiger partial charge >= 0.3 is 17.1 Å². The Bertz CT molecular complexity index is 1240. The summed E-state index contributed by atoms with van der Waals surface area (Å²) >= 11 is 11.9. The second-order valence-corrected chi connectivity index (χ2v) is 7.92. The van der Waals surface area contributed by atoms with Gasteiger partial charge in [-0.05, 0) is 35.7 Å². The van der Waals surface area contributed by atoms with Crippen LogP contribution in [0.1, 0.15) is 21.6 Å². The molecule has 155 valence electrons. The third kappa shape index (κ3) is 4.86. The zero-order chi connectivity index (χ0) is 21.3. The molecule has 2 aromatic carbocycles. The van der Waals surface area contributed by atoms with Gasteiger partial charge in [0.15, 0.2) is 0 Å². The van der Waals surface area contributed by atoms with Crippen LogP contribution in [0, 0.1) is 0 Å². The van der Waals surface area contributed by atoms with Gasteiger partial charge in [0.05, 0.1) is 16.7 Å². The molecular formula is C18H10Cl2MnN2O6S. The number of rotatable bonds is 5. The zero-order valence-electron chi connectivity index (χ0n) is 14.6. The number of halogens is 2. The SMILES string of the molecule is O=C([O-])c1nn(-c2ccccc2)c([O-])c1C=Cc1cc(Cl)c(S(=O)(=O)O)cc1Cl.[Mn+2]. The first kappa shape index (κ1) is 23.9. The Morgan fingerprint density at radius 1 is 1.10 bits per heavy atom. The minimum Gasteiger partial charge on any atom is -0.858 e. The van der Waals surface area contributed by atoms with E-state index in [1.165, 1.54) is 6.08 Å². The first-order chi connectivity index (χ1) is 13.6. The summed E-state index contributed by atoms with van der Waals surface area (Å²) in [5.74, 6) is -2.36. The summed E-state index contributed by atoms with van der Waals surface area (Å²) in [6.07, 6.45) is 2.42. The fourth-order valence-electron chi connectivity index (χ4n) is 2.50. The summed E-state index contributed by atoms with van der Waals surface area (Å²) < 4.78 is 32.6. The largest absolute Gasteiger partial charge is 2.00 e. The molecule has 0 fully saturated rings. The number of benzene rings is 2. The Balaban J connectivity index is 0.00000320. The fourth-order valence-corrected chi connectivity index (χ4v) is 3.83. The molecule has 0 aliphatic carbocycles. The van der Waals surface area contributed by atoms with E-state index in [-0.39, 0.29) is 38.2 Å². The van der Waals surface area contributed by atoms with Crippen molar-refractivity contribution in [3.63, 3.8) is 0 Å². The number of carboxylic acids is 1. The van der Waals surface area contributed by atoms with E-state index in [2.05, 4.69) is 5.10 Å². The molecule has 0 unspecified atom stereocenters. The third-order valence-electron chi connectivity index (χ3n) is 3.83. The van der Waals surface area contributed by atoms with Crippen LogP contribution in [0.4, 0.5) is 0 Å². The summed E-state index contributed by atoms with van der Waals surface area (Å²) in [5, 5.41) is 27.4. The monoisotopic (exact) mass is 507 g/mol. The van der Waals surface area contributed by atoms with Gasteiger partial charge in [0, 0.05) is 10.6 Å². The summed E-state index contributed by atoms with van der Waals surface area (Å²) in [5.41, 5.74) is -0.301. The van der Waals surface area contributed by atoms with Gasteiger partial charge in [0.2, 0.25) is 0 Å². The van der Waals surface area contributed by atoms with Crippen LogP contribution in [-0.2, 0) is 27.2 Å². The first-order valence-electron chi connectivity index (χ1n) is 7.81. The van der Waals surface area contributed by atoms with Crippen LogP contribution in [-0.4, -0.2) is 28.7 Å². The molecule has 0 atom stereocenters. The zero-order valence-corrected chi connectivity index (χ0v) is 18.1. The van der Waals surface area contributed by atoms with E-state index in [0.717, 1.165) is 22.9 Å². The van der Waals surface area contributed by atoms with Crippen molar-refractivity contribution in [2.24, 2.45) is 0 Å². The van der Waals surface area contributed by atoms with Crippen LogP contribution < -0.4 is 10.2 Å². The van der Waals surface area contributed by atoms with Gasteiger partial charge in [-0.15, -0.1) is 0 Å². The minimum atomic E-state index is -4.58. The van der Waals surface area contributed by atoms with Gasteiger partial charge in [-0.25, -0.2) is 4.68 Å². The first-order valence-corrected chi connectivity index (χ1v) is 10.0. The maximum absolute atomic E-state index is 12.6. The Morgan fingerprint density at radius 3 is 2.30 bits per heavy atom. The van der Waals surface area contributed by atoms with Crippen molar-refractivity contribution < 1.29 is 45.0 Å². The maximum atomic E-state index is 12.6. The molecule has 8 nitrogen and oxygen atoms in total. The van der Waals surface area contributed by atoms with Crippen LogP contribution in [0.2, 0.25) is 10.0 Å². The standard InChI is InChI=1S/C18H12Cl2N2O6S.Mn/c19-13-9-15(29(26,27)28)14(20)8-10(13)6-7-12-16(18(24)25)21-22(17(12)23)11-4-2-1-3-5-11;/h1-9,23H,(H,24,25)(H,26,27,28);/q;+2/p-2. The summed E-state index contributed by atoms with van der Waals surface area (Å²) in [4.78, 5) is 10.8. The van der Waals surface area contributed by atoms with Gasteiger partial charge < -0.3 is 15.0 Å². The van der Waals surface area contributed by atoms with Gasteiger partial charge in [-0.3, -0.25) is 4.55 Å². The number of carbonyl (C=O) groups is 1. The van der Waals surface area contributed by atoms with E-state index in [9.17, 15) is 23.4 Å². The molecule has 0 amide bonds. The minimum absolute atomic E-state index is 0. The Hall–Kier alpha value is -2.33. The van der Waals surface area contributed by atoms with E-state index in [1.807, 2.05) is 0 Å². The predicted molar refractivity (Wildman–Crippen MR) is 103 cm³/mol. The smallest absolute Gasteiger partial charge is 0.858 e. The van der Waals surface area contributed by atoms with Crippen molar-refractivity contribution in [3.8, 4) is 11.6 Å². The van der Waals surface area contributed by atoms with E-state index >= 15 is 0 Å². The fraction of sp³-hybridized carbons (Fsp3) is 0. The molecule has 1 heterocycles. The van der Waals surface area contributed by atoms with Crippen LogP contribution in [0.15, 0.2) is 47.4 Å². The normalized spacial score (nSPS) is 11.4. The van der Waals surface area contributed by atoms with Crippen LogP contribution in [0.3, 0.4) is 0 Å². The second-order valence-electron chi connectivity index (χ2n) is 5.71. The molecule has 0 bridgehead atoms. The summed E-state index contributed by atoms with van der Waals surface area (Å²) in [6, 6.07) is 10.3. The average Bonchev–Trinajstić information content (AvgIpc) is 2.98. The quantitative estimate of drug-likeness (QED) is 0.412. The number of carboxylic acid groups (broad SMARTS) is 1. The van der Waals surface area contributed by atoms with E-state index in [4.69, 9.17) is 27.8 Å². The molecule has 0 saturated heterocycles. The van der Waals surface area contributed by atoms with Crippen molar-refractivity contribution >= 4 is 51.4 Å². The molecule has 1 radical (unpaired) electrons. The van der Waals surface area contributed by atoms with Crippen molar-refractivity contribution in [2.75, 3.05) is 0 Å². The van der Waals surface area contributed by atoms with Crippen molar-refractivity contribution in [1.82, 2.24) is 9.78 Å². The van der Waals surface area contributed by atoms with Crippen molar-refractivity contribution in [2.45, 2.75) is 4.90 Å². The Kier molecular flexibility index (Phi) is 7.35. The van der Waals surface area contributed by atoms with Crippen molar-refractivity contribution in [1.29, 1.82) is 0 Å². The van der Waals surface area contributed by atoms with E-state index in [1.54, 1.807) is 30.3 Å². The average molecular weight is 508 g/mol. The Labute approximate surface area is 191 Å². The predicted octanol–water partition coefficient (Wildman–Crippen LogP) is 2.03. The third-order valence-corrected chi connectivity index (χ3v) is 5.48. The molecule has 0 aliphatic rings. The van der Waals surface area contributed by atoms with Crippen LogP contribution in [0.25, 0.3) is 17.8 Å². The number of nitrogens with zero attached hydrogens (tertiary/aromatic N) is 2. The number of hydrogen-bond donors (Lipinski definition) is 1. The maximum Gasteiger partial charge on any atom is 2.00 e. The molecule has 0 saturated carbocycles. The van der Waals surface area contributed by atoms with E-state index in [0.29, 0.717) is 5.69 Å². The number of hydrogen-bond acceptors (Lipinski definition) is 6. The van der Waals surface area contributed by atoms with Gasteiger partial charge in [-0.1, -0.05) is 53.6 Å². The molecule has 1 N–H and O–H groups in total. The molecule has 12 heteroatoms. The molecule has 3 aromatic rings. The number of aromatic carboxylic acids is 1. The van der Waals surface area contributed by atoms with Crippen LogP contribution in [0.5, 0.6) is 5.88 Å².